The van der Waals surface area contributed by atoms with E-state index in [1.807, 2.05) is 6.08 Å². The van der Waals surface area contributed by atoms with Gasteiger partial charge in [0, 0.05) is 13.1 Å². The molecule has 2 rings (SSSR count). The van der Waals surface area contributed by atoms with Crippen LogP contribution in [0.3, 0.4) is 0 Å². The van der Waals surface area contributed by atoms with Crippen molar-refractivity contribution in [2.24, 2.45) is 11.3 Å². The number of likely N-dealkylation sites (N-methyl/N-ethyl adjacent to an activating group) is 1. The zero-order valence-electron chi connectivity index (χ0n) is 9.26. The number of hydrogen-bond acceptors (Lipinski definition) is 2. The summed E-state index contributed by atoms with van der Waals surface area (Å²) in [6.45, 7) is 8.56. The fraction of sp³-hybridized carbons (Fsp3) is 0.833. The van der Waals surface area contributed by atoms with Crippen LogP contribution in [0.4, 0.5) is 0 Å². The summed E-state index contributed by atoms with van der Waals surface area (Å²) in [6, 6.07) is 0. The molecule has 1 atom stereocenters. The highest BCUT2D eigenvalue weighted by Crippen LogP contribution is 2.58. The molecular formula is C12H22N2. The molecule has 0 aromatic rings. The fourth-order valence-corrected chi connectivity index (χ4v) is 2.90. The van der Waals surface area contributed by atoms with E-state index < -0.39 is 0 Å². The summed E-state index contributed by atoms with van der Waals surface area (Å²) in [5.74, 6) is 0.967. The van der Waals surface area contributed by atoms with E-state index >= 15 is 0 Å². The Morgan fingerprint density at radius 2 is 2.21 bits per heavy atom. The van der Waals surface area contributed by atoms with E-state index in [-0.39, 0.29) is 0 Å². The summed E-state index contributed by atoms with van der Waals surface area (Å²) in [6.07, 6.45) is 6.27. The molecule has 2 aliphatic rings. The lowest BCUT2D eigenvalue weighted by Crippen LogP contribution is -2.31. The van der Waals surface area contributed by atoms with Gasteiger partial charge in [-0.1, -0.05) is 6.08 Å². The van der Waals surface area contributed by atoms with E-state index in [2.05, 4.69) is 23.8 Å². The molecule has 14 heavy (non-hydrogen) atoms. The minimum atomic E-state index is 0.737. The van der Waals surface area contributed by atoms with Gasteiger partial charge >= 0.3 is 0 Å². The molecule has 0 bridgehead atoms. The second-order valence-electron chi connectivity index (χ2n) is 5.02. The number of rotatable bonds is 4. The molecule has 1 unspecified atom stereocenters. The fourth-order valence-electron chi connectivity index (χ4n) is 2.90. The third-order valence-corrected chi connectivity index (χ3v) is 3.93. The first kappa shape index (κ1) is 10.2. The van der Waals surface area contributed by atoms with Crippen molar-refractivity contribution in [3.8, 4) is 0 Å². The van der Waals surface area contributed by atoms with Crippen LogP contribution in [0, 0.1) is 11.3 Å². The van der Waals surface area contributed by atoms with Crippen molar-refractivity contribution in [1.29, 1.82) is 0 Å². The lowest BCUT2D eigenvalue weighted by Gasteiger charge is -2.25. The van der Waals surface area contributed by atoms with Gasteiger partial charge in [-0.15, -0.1) is 6.58 Å². The van der Waals surface area contributed by atoms with Crippen LogP contribution in [0.2, 0.25) is 0 Å². The molecule has 2 fully saturated rings. The molecule has 0 aromatic heterocycles. The van der Waals surface area contributed by atoms with Gasteiger partial charge in [-0.3, -0.25) is 0 Å². The Balaban J connectivity index is 1.76. The molecule has 1 spiro atoms. The second kappa shape index (κ2) is 4.03. The van der Waals surface area contributed by atoms with Crippen LogP contribution >= 0.6 is 0 Å². The Hall–Kier alpha value is -0.340. The summed E-state index contributed by atoms with van der Waals surface area (Å²) in [4.78, 5) is 2.40. The van der Waals surface area contributed by atoms with Gasteiger partial charge in [0.25, 0.3) is 0 Å². The standard InChI is InChI=1S/C12H22N2/c1-3-8-14(2)10-11-9-12(11)4-6-13-7-5-12/h3,11,13H,1,4-10H2,2H3. The molecule has 80 valence electrons. The van der Waals surface area contributed by atoms with Crippen molar-refractivity contribution in [3.63, 3.8) is 0 Å². The molecule has 1 aliphatic heterocycles. The number of nitrogens with zero attached hydrogens (tertiary/aromatic N) is 1. The van der Waals surface area contributed by atoms with Crippen molar-refractivity contribution in [2.45, 2.75) is 19.3 Å². The number of piperidine rings is 1. The third kappa shape index (κ3) is 2.01. The Morgan fingerprint density at radius 1 is 1.50 bits per heavy atom. The smallest absolute Gasteiger partial charge is 0.0157 e. The van der Waals surface area contributed by atoms with Crippen molar-refractivity contribution < 1.29 is 0 Å². The van der Waals surface area contributed by atoms with Crippen molar-refractivity contribution in [2.75, 3.05) is 33.2 Å². The predicted octanol–water partition coefficient (Wildman–Crippen LogP) is 1.49. The van der Waals surface area contributed by atoms with Crippen LogP contribution in [-0.2, 0) is 0 Å². The first-order valence-corrected chi connectivity index (χ1v) is 5.77. The molecule has 1 saturated heterocycles. The molecule has 0 amide bonds. The van der Waals surface area contributed by atoms with E-state index in [0.29, 0.717) is 0 Å². The topological polar surface area (TPSA) is 15.3 Å². The molecule has 1 aliphatic carbocycles. The van der Waals surface area contributed by atoms with Gasteiger partial charge in [0.15, 0.2) is 0 Å². The van der Waals surface area contributed by atoms with E-state index in [4.69, 9.17) is 0 Å². The Labute approximate surface area is 87.4 Å². The highest BCUT2D eigenvalue weighted by atomic mass is 15.1. The minimum Gasteiger partial charge on any atom is -0.317 e. The quantitative estimate of drug-likeness (QED) is 0.682. The molecule has 0 radical (unpaired) electrons. The van der Waals surface area contributed by atoms with Crippen LogP contribution in [0.1, 0.15) is 19.3 Å². The van der Waals surface area contributed by atoms with Gasteiger partial charge in [0.2, 0.25) is 0 Å². The molecule has 0 aromatic carbocycles. The van der Waals surface area contributed by atoms with Gasteiger partial charge in [-0.05, 0) is 50.7 Å². The Kier molecular flexibility index (Phi) is 2.93. The van der Waals surface area contributed by atoms with Crippen LogP contribution in [0.25, 0.3) is 0 Å². The predicted molar refractivity (Wildman–Crippen MR) is 60.3 cm³/mol. The van der Waals surface area contributed by atoms with Crippen LogP contribution in [0.15, 0.2) is 12.7 Å². The maximum Gasteiger partial charge on any atom is 0.0157 e. The first-order valence-electron chi connectivity index (χ1n) is 5.77. The van der Waals surface area contributed by atoms with Crippen molar-refractivity contribution in [3.05, 3.63) is 12.7 Å². The molecule has 1 N–H and O–H groups in total. The number of nitrogens with one attached hydrogen (secondary N) is 1. The van der Waals surface area contributed by atoms with E-state index in [1.165, 1.54) is 38.9 Å². The zero-order chi connectivity index (χ0) is 10.0. The molecular weight excluding hydrogens is 172 g/mol. The average Bonchev–Trinajstić information content (AvgIpc) is 2.79. The van der Waals surface area contributed by atoms with Crippen LogP contribution in [-0.4, -0.2) is 38.1 Å². The van der Waals surface area contributed by atoms with Gasteiger partial charge in [0.05, 0.1) is 0 Å². The lowest BCUT2D eigenvalue weighted by atomic mass is 9.92. The van der Waals surface area contributed by atoms with Gasteiger partial charge in [-0.2, -0.15) is 0 Å². The van der Waals surface area contributed by atoms with Crippen LogP contribution < -0.4 is 5.32 Å². The van der Waals surface area contributed by atoms with Crippen LogP contribution in [0.5, 0.6) is 0 Å². The average molecular weight is 194 g/mol. The van der Waals surface area contributed by atoms with Gasteiger partial charge < -0.3 is 10.2 Å². The molecule has 1 saturated carbocycles. The summed E-state index contributed by atoms with van der Waals surface area (Å²) in [7, 11) is 2.20. The summed E-state index contributed by atoms with van der Waals surface area (Å²) in [5.41, 5.74) is 0.737. The van der Waals surface area contributed by atoms with Crippen molar-refractivity contribution >= 4 is 0 Å². The molecule has 2 heteroatoms. The Morgan fingerprint density at radius 3 is 2.86 bits per heavy atom. The maximum atomic E-state index is 3.78. The highest BCUT2D eigenvalue weighted by Gasteiger charge is 2.53. The van der Waals surface area contributed by atoms with E-state index in [1.54, 1.807) is 0 Å². The van der Waals surface area contributed by atoms with Gasteiger partial charge in [0.1, 0.15) is 0 Å². The van der Waals surface area contributed by atoms with Gasteiger partial charge in [-0.25, -0.2) is 0 Å². The zero-order valence-corrected chi connectivity index (χ0v) is 9.26. The van der Waals surface area contributed by atoms with E-state index in [9.17, 15) is 0 Å². The number of hydrogen-bond donors (Lipinski definition) is 1. The largest absolute Gasteiger partial charge is 0.317 e. The Bertz CT molecular complexity index is 206. The molecule has 2 nitrogen and oxygen atoms in total. The monoisotopic (exact) mass is 194 g/mol. The van der Waals surface area contributed by atoms with Crippen molar-refractivity contribution in [1.82, 2.24) is 10.2 Å². The third-order valence-electron chi connectivity index (χ3n) is 3.93. The maximum absolute atomic E-state index is 3.78. The SMILES string of the molecule is C=CCN(C)CC1CC12CCNCC2. The summed E-state index contributed by atoms with van der Waals surface area (Å²) in [5, 5.41) is 3.45. The summed E-state index contributed by atoms with van der Waals surface area (Å²) >= 11 is 0. The normalized spacial score (nSPS) is 29.4. The minimum absolute atomic E-state index is 0.737. The highest BCUT2D eigenvalue weighted by molar-refractivity contribution is 5.05. The molecule has 1 heterocycles. The second-order valence-corrected chi connectivity index (χ2v) is 5.02. The lowest BCUT2D eigenvalue weighted by molar-refractivity contribution is 0.275. The first-order chi connectivity index (χ1) is 6.77. The summed E-state index contributed by atoms with van der Waals surface area (Å²) < 4.78 is 0. The van der Waals surface area contributed by atoms with E-state index in [0.717, 1.165) is 17.9 Å².